The summed E-state index contributed by atoms with van der Waals surface area (Å²) in [5.74, 6) is 1.63. The van der Waals surface area contributed by atoms with Crippen LogP contribution in [0.3, 0.4) is 0 Å². The molecule has 3 rings (SSSR count). The fourth-order valence-electron chi connectivity index (χ4n) is 2.62. The molecular weight excluding hydrogens is 326 g/mol. The SMILES string of the molecule is O=C(Nc1ccccc1)c1cc([N+](=O)[O-])ccc1N1CCSCC1. The third-order valence-electron chi connectivity index (χ3n) is 3.82. The second kappa shape index (κ2) is 7.35. The monoisotopic (exact) mass is 343 g/mol. The number of carbonyl (C=O) groups is 1. The fraction of sp³-hybridized carbons (Fsp3) is 0.235. The van der Waals surface area contributed by atoms with Gasteiger partial charge in [-0.15, -0.1) is 0 Å². The number of benzene rings is 2. The van der Waals surface area contributed by atoms with Crippen molar-refractivity contribution in [2.45, 2.75) is 0 Å². The maximum Gasteiger partial charge on any atom is 0.270 e. The molecule has 1 aliphatic rings. The first-order valence-corrected chi connectivity index (χ1v) is 8.78. The van der Waals surface area contributed by atoms with Crippen molar-refractivity contribution in [3.8, 4) is 0 Å². The number of thioether (sulfide) groups is 1. The summed E-state index contributed by atoms with van der Waals surface area (Å²) in [7, 11) is 0. The van der Waals surface area contributed by atoms with Gasteiger partial charge in [-0.2, -0.15) is 11.8 Å². The average molecular weight is 343 g/mol. The predicted octanol–water partition coefficient (Wildman–Crippen LogP) is 3.40. The number of anilines is 2. The Bertz CT molecular complexity index is 746. The van der Waals surface area contributed by atoms with Crippen LogP contribution in [0.15, 0.2) is 48.5 Å². The molecule has 1 fully saturated rings. The number of hydrogen-bond donors (Lipinski definition) is 1. The molecule has 0 spiro atoms. The number of non-ortho nitro benzene ring substituents is 1. The lowest BCUT2D eigenvalue weighted by atomic mass is 10.1. The van der Waals surface area contributed by atoms with E-state index < -0.39 is 4.92 Å². The van der Waals surface area contributed by atoms with Crippen molar-refractivity contribution in [3.63, 3.8) is 0 Å². The van der Waals surface area contributed by atoms with E-state index >= 15 is 0 Å². The highest BCUT2D eigenvalue weighted by atomic mass is 32.2. The predicted molar refractivity (Wildman–Crippen MR) is 97.0 cm³/mol. The van der Waals surface area contributed by atoms with E-state index in [2.05, 4.69) is 10.2 Å². The summed E-state index contributed by atoms with van der Waals surface area (Å²) < 4.78 is 0. The van der Waals surface area contributed by atoms with Crippen LogP contribution in [0.5, 0.6) is 0 Å². The molecule has 2 aromatic carbocycles. The van der Waals surface area contributed by atoms with E-state index in [1.807, 2.05) is 30.0 Å². The van der Waals surface area contributed by atoms with E-state index in [4.69, 9.17) is 0 Å². The smallest absolute Gasteiger partial charge is 0.270 e. The van der Waals surface area contributed by atoms with E-state index in [1.54, 1.807) is 18.2 Å². The number of nitrogens with zero attached hydrogens (tertiary/aromatic N) is 2. The van der Waals surface area contributed by atoms with Crippen molar-refractivity contribution in [3.05, 3.63) is 64.2 Å². The maximum atomic E-state index is 12.7. The third-order valence-corrected chi connectivity index (χ3v) is 4.76. The molecule has 1 aliphatic heterocycles. The number of amides is 1. The van der Waals surface area contributed by atoms with Crippen LogP contribution in [0, 0.1) is 10.1 Å². The fourth-order valence-corrected chi connectivity index (χ4v) is 3.52. The Labute approximate surface area is 144 Å². The van der Waals surface area contributed by atoms with Crippen molar-refractivity contribution in [1.29, 1.82) is 0 Å². The Balaban J connectivity index is 1.94. The molecular formula is C17H17N3O3S. The lowest BCUT2D eigenvalue weighted by Crippen LogP contribution is -2.34. The summed E-state index contributed by atoms with van der Waals surface area (Å²) in [5, 5.41) is 13.9. The van der Waals surface area contributed by atoms with E-state index in [1.165, 1.54) is 12.1 Å². The standard InChI is InChI=1S/C17H17N3O3S/c21-17(18-13-4-2-1-3-5-13)15-12-14(20(22)23)6-7-16(15)19-8-10-24-11-9-19/h1-7,12H,8-11H2,(H,18,21). The summed E-state index contributed by atoms with van der Waals surface area (Å²) >= 11 is 1.87. The number of nitro benzene ring substituents is 1. The molecule has 1 saturated heterocycles. The molecule has 24 heavy (non-hydrogen) atoms. The minimum absolute atomic E-state index is 0.0802. The molecule has 1 N–H and O–H groups in total. The van der Waals surface area contributed by atoms with Crippen LogP contribution in [-0.4, -0.2) is 35.4 Å². The molecule has 2 aromatic rings. The highest BCUT2D eigenvalue weighted by molar-refractivity contribution is 7.99. The largest absolute Gasteiger partial charge is 0.369 e. The first kappa shape index (κ1) is 16.3. The van der Waals surface area contributed by atoms with E-state index in [9.17, 15) is 14.9 Å². The van der Waals surface area contributed by atoms with Gasteiger partial charge in [0.15, 0.2) is 0 Å². The Morgan fingerprint density at radius 2 is 1.83 bits per heavy atom. The molecule has 124 valence electrons. The number of para-hydroxylation sites is 1. The summed E-state index contributed by atoms with van der Waals surface area (Å²) in [6.07, 6.45) is 0. The van der Waals surface area contributed by atoms with Gasteiger partial charge in [0.25, 0.3) is 11.6 Å². The summed E-state index contributed by atoms with van der Waals surface area (Å²) in [5.41, 5.74) is 1.66. The second-order valence-corrected chi connectivity index (χ2v) is 6.60. The van der Waals surface area contributed by atoms with Crippen LogP contribution >= 0.6 is 11.8 Å². The number of rotatable bonds is 4. The molecule has 0 saturated carbocycles. The van der Waals surface area contributed by atoms with E-state index in [0.717, 1.165) is 30.3 Å². The first-order valence-electron chi connectivity index (χ1n) is 7.63. The van der Waals surface area contributed by atoms with Gasteiger partial charge in [0, 0.05) is 42.4 Å². The second-order valence-electron chi connectivity index (χ2n) is 5.38. The van der Waals surface area contributed by atoms with Crippen LogP contribution in [0.4, 0.5) is 17.1 Å². The zero-order valence-corrected chi connectivity index (χ0v) is 13.8. The number of nitro groups is 1. The molecule has 1 heterocycles. The lowest BCUT2D eigenvalue weighted by molar-refractivity contribution is -0.384. The molecule has 1 amide bonds. The third kappa shape index (κ3) is 3.68. The van der Waals surface area contributed by atoms with Crippen molar-refractivity contribution >= 4 is 34.7 Å². The van der Waals surface area contributed by atoms with E-state index in [0.29, 0.717) is 11.3 Å². The Hall–Kier alpha value is -2.54. The maximum absolute atomic E-state index is 12.7. The van der Waals surface area contributed by atoms with E-state index in [-0.39, 0.29) is 11.6 Å². The van der Waals surface area contributed by atoms with Gasteiger partial charge in [-0.3, -0.25) is 14.9 Å². The zero-order valence-electron chi connectivity index (χ0n) is 13.0. The Kier molecular flexibility index (Phi) is 5.00. The van der Waals surface area contributed by atoms with Gasteiger partial charge < -0.3 is 10.2 Å². The van der Waals surface area contributed by atoms with Gasteiger partial charge in [-0.1, -0.05) is 18.2 Å². The highest BCUT2D eigenvalue weighted by Gasteiger charge is 2.22. The first-order chi connectivity index (χ1) is 11.6. The van der Waals surface area contributed by atoms with Crippen LogP contribution in [0.1, 0.15) is 10.4 Å². The van der Waals surface area contributed by atoms with Crippen LogP contribution in [0.25, 0.3) is 0 Å². The molecule has 0 aliphatic carbocycles. The Morgan fingerprint density at radius 3 is 2.50 bits per heavy atom. The normalized spacial score (nSPS) is 14.2. The average Bonchev–Trinajstić information content (AvgIpc) is 2.62. The van der Waals surface area contributed by atoms with Crippen LogP contribution in [0.2, 0.25) is 0 Å². The van der Waals surface area contributed by atoms with Gasteiger partial charge >= 0.3 is 0 Å². The van der Waals surface area contributed by atoms with Gasteiger partial charge in [0.1, 0.15) is 0 Å². The van der Waals surface area contributed by atoms with Crippen molar-refractivity contribution in [1.82, 2.24) is 0 Å². The van der Waals surface area contributed by atoms with Gasteiger partial charge in [-0.05, 0) is 18.2 Å². The number of nitrogens with one attached hydrogen (secondary N) is 1. The summed E-state index contributed by atoms with van der Waals surface area (Å²) in [6.45, 7) is 1.65. The van der Waals surface area contributed by atoms with Crippen LogP contribution < -0.4 is 10.2 Å². The van der Waals surface area contributed by atoms with Crippen LogP contribution in [-0.2, 0) is 0 Å². The summed E-state index contributed by atoms with van der Waals surface area (Å²) in [6, 6.07) is 13.6. The topological polar surface area (TPSA) is 75.5 Å². The number of hydrogen-bond acceptors (Lipinski definition) is 5. The van der Waals surface area contributed by atoms with Crippen molar-refractivity contribution in [2.75, 3.05) is 34.8 Å². The van der Waals surface area contributed by atoms with Crippen molar-refractivity contribution < 1.29 is 9.72 Å². The lowest BCUT2D eigenvalue weighted by Gasteiger charge is -2.30. The van der Waals surface area contributed by atoms with Gasteiger partial charge in [0.05, 0.1) is 16.2 Å². The summed E-state index contributed by atoms with van der Waals surface area (Å²) in [4.78, 5) is 25.4. The molecule has 6 nitrogen and oxygen atoms in total. The molecule has 0 atom stereocenters. The molecule has 0 aromatic heterocycles. The number of carbonyl (C=O) groups excluding carboxylic acids is 1. The molecule has 7 heteroatoms. The van der Waals surface area contributed by atoms with Gasteiger partial charge in [0.2, 0.25) is 0 Å². The molecule has 0 bridgehead atoms. The highest BCUT2D eigenvalue weighted by Crippen LogP contribution is 2.28. The zero-order chi connectivity index (χ0) is 16.9. The van der Waals surface area contributed by atoms with Gasteiger partial charge in [-0.25, -0.2) is 0 Å². The Morgan fingerprint density at radius 1 is 1.12 bits per heavy atom. The quantitative estimate of drug-likeness (QED) is 0.680. The molecule has 0 radical (unpaired) electrons. The molecule has 0 unspecified atom stereocenters. The minimum atomic E-state index is -0.477. The van der Waals surface area contributed by atoms with Crippen molar-refractivity contribution in [2.24, 2.45) is 0 Å². The minimum Gasteiger partial charge on any atom is -0.369 e.